The van der Waals surface area contributed by atoms with Crippen molar-refractivity contribution in [2.45, 2.75) is 124 Å². The van der Waals surface area contributed by atoms with Crippen LogP contribution in [0.5, 0.6) is 0 Å². The number of aryl methyl sites for hydroxylation is 4. The van der Waals surface area contributed by atoms with Crippen molar-refractivity contribution >= 4 is 100 Å². The van der Waals surface area contributed by atoms with E-state index in [0.29, 0.717) is 66.9 Å². The number of pyridine rings is 4. The highest BCUT2D eigenvalue weighted by molar-refractivity contribution is 7.91. The summed E-state index contributed by atoms with van der Waals surface area (Å²) in [5.74, 6) is -0.988. The molecule has 0 saturated carbocycles. The van der Waals surface area contributed by atoms with E-state index in [1.54, 1.807) is 70.2 Å². The molecule has 0 unspecified atom stereocenters. The molecule has 0 spiro atoms. The summed E-state index contributed by atoms with van der Waals surface area (Å²) in [5, 5.41) is 45.7. The summed E-state index contributed by atoms with van der Waals surface area (Å²) in [6.07, 6.45) is 6.43. The van der Waals surface area contributed by atoms with Crippen molar-refractivity contribution in [2.75, 3.05) is 30.3 Å². The third-order valence-corrected chi connectivity index (χ3v) is 14.9. The second-order valence-electron chi connectivity index (χ2n) is 21.8. The number of anilines is 2. The highest BCUT2D eigenvalue weighted by Crippen LogP contribution is 2.29. The molecule has 0 atom stereocenters. The number of carboxylic acid groups (broad SMARTS) is 1. The van der Waals surface area contributed by atoms with Crippen LogP contribution in [0.1, 0.15) is 127 Å². The molecule has 0 aliphatic carbocycles. The van der Waals surface area contributed by atoms with E-state index in [-0.39, 0.29) is 59.4 Å². The molecule has 0 aliphatic rings. The van der Waals surface area contributed by atoms with E-state index in [1.807, 2.05) is 47.6 Å². The third-order valence-electron chi connectivity index (χ3n) is 12.2. The zero-order valence-corrected chi connectivity index (χ0v) is 53.6. The zero-order valence-electron chi connectivity index (χ0n) is 51.5. The molecule has 8 rings (SSSR count). The molecule has 0 fully saturated rings. The van der Waals surface area contributed by atoms with Gasteiger partial charge in [0.15, 0.2) is 31.1 Å². The number of rotatable bonds is 13. The number of benzene rings is 2. The van der Waals surface area contributed by atoms with Crippen LogP contribution in [-0.2, 0) is 55.3 Å². The van der Waals surface area contributed by atoms with Crippen LogP contribution in [0.4, 0.5) is 25.6 Å². The van der Waals surface area contributed by atoms with E-state index < -0.39 is 62.1 Å². The summed E-state index contributed by atoms with van der Waals surface area (Å²) < 4.78 is 77.8. The van der Waals surface area contributed by atoms with Gasteiger partial charge in [0.1, 0.15) is 40.5 Å². The van der Waals surface area contributed by atoms with Gasteiger partial charge in [-0.05, 0) is 151 Å². The number of ether oxygens (including phenoxy) is 2. The minimum Gasteiger partial charge on any atom is -0.478 e. The zero-order chi connectivity index (χ0) is 67.4. The fraction of sp³-hybridized carbons (Fsp3) is 0.333. The van der Waals surface area contributed by atoms with Gasteiger partial charge in [-0.15, -0.1) is 0 Å². The van der Waals surface area contributed by atoms with Crippen LogP contribution in [0.2, 0.25) is 10.0 Å². The number of halogens is 3. The van der Waals surface area contributed by atoms with Crippen LogP contribution >= 0.6 is 23.2 Å². The Balaban J connectivity index is 0.000000312. The lowest BCUT2D eigenvalue weighted by molar-refractivity contribution is 0.0624. The average Bonchev–Trinajstić information content (AvgIpc) is 1.58. The highest BCUT2D eigenvalue weighted by atomic mass is 35.5. The Morgan fingerprint density at radius 2 is 1.08 bits per heavy atom. The van der Waals surface area contributed by atoms with Gasteiger partial charge in [0.2, 0.25) is 0 Å². The number of carbonyl (C=O) groups excluding carboxylic acids is 3. The number of nitrogens with zero attached hydrogens (tertiary/aromatic N) is 10. The summed E-state index contributed by atoms with van der Waals surface area (Å²) in [4.78, 5) is 65.0. The van der Waals surface area contributed by atoms with Crippen molar-refractivity contribution in [1.29, 1.82) is 10.5 Å². The topological polar surface area (TPSA) is 372 Å². The maximum atomic E-state index is 13.1. The first-order chi connectivity index (χ1) is 41.9. The normalized spacial score (nSPS) is 11.3. The number of nitrogens with two attached hydrogens (primary N) is 1. The Labute approximate surface area is 532 Å². The molecular formula is C60H69Cl2FN14O11S2. The Morgan fingerprint density at radius 3 is 1.42 bits per heavy atom. The maximum Gasteiger partial charge on any atom is 0.413 e. The lowest BCUT2D eigenvalue weighted by atomic mass is 10.1. The number of fused-ring (bicyclic) bond motifs is 2. The van der Waals surface area contributed by atoms with Crippen LogP contribution < -0.4 is 21.7 Å². The van der Waals surface area contributed by atoms with Crippen molar-refractivity contribution < 1.29 is 56.4 Å². The van der Waals surface area contributed by atoms with E-state index in [0.717, 1.165) is 40.5 Å². The van der Waals surface area contributed by atoms with Gasteiger partial charge in [-0.2, -0.15) is 20.7 Å². The number of nitriles is 2. The standard InChI is InChI=1S/C29H30ClN7O5S.C16H11ClN4O4S.C13H21N3O2.CH3F.CH4/c1-16-7-25(35-28(39)42-29(3,4)5)34-17(2)21(16)13-33-27(38)22-15-37(36-23(22)11-31)14-18-8-19-10-20(30)12-32-26(19)24(9-18)43(6,40)41;1-26(24,25)14-3-9(2-10-4-11(17)6-19-15(10)14)7-21-8-12(16(22)23)13(5-18)20-21;1-8-6-11(15-9(2)10(8)7-14)16-12(17)18-13(3,4)5;1-2;/h7-10,12,15H,13-14H2,1-6H3,(H,33,38)(H,34,35,39);2-4,6,8H,7H2,1H3,(H,22,23);6H,7,14H2,1-5H3,(H,15,16,17);1H3;1H4/i;;;1D;. The van der Waals surface area contributed by atoms with E-state index in [2.05, 4.69) is 46.1 Å². The maximum absolute atomic E-state index is 13.1. The summed E-state index contributed by atoms with van der Waals surface area (Å²) in [6, 6.07) is 16.7. The predicted molar refractivity (Wildman–Crippen MR) is 339 cm³/mol. The molecule has 2 aromatic carbocycles. The first-order valence-electron chi connectivity index (χ1n) is 27.1. The summed E-state index contributed by atoms with van der Waals surface area (Å²) in [7, 11) is -8.18. The van der Waals surface area contributed by atoms with Crippen LogP contribution in [0, 0.1) is 50.4 Å². The lowest BCUT2D eigenvalue weighted by Crippen LogP contribution is -2.28. The number of hydrogen-bond donors (Lipinski definition) is 5. The first kappa shape index (κ1) is 71.6. The van der Waals surface area contributed by atoms with Gasteiger partial charge in [0.25, 0.3) is 5.91 Å². The second-order valence-corrected chi connectivity index (χ2v) is 26.6. The van der Waals surface area contributed by atoms with Crippen molar-refractivity contribution in [1.82, 2.24) is 44.8 Å². The minimum absolute atomic E-state index is 0. The Hall–Kier alpha value is -9.19. The largest absolute Gasteiger partial charge is 0.478 e. The number of hydrogen-bond acceptors (Lipinski definition) is 19. The number of aromatic carboxylic acids is 1. The van der Waals surface area contributed by atoms with Crippen molar-refractivity contribution in [3.05, 3.63) is 151 Å². The number of aromatic nitrogens is 8. The fourth-order valence-corrected chi connectivity index (χ4v) is 10.7. The van der Waals surface area contributed by atoms with Gasteiger partial charge >= 0.3 is 18.2 Å². The van der Waals surface area contributed by atoms with E-state index in [1.165, 1.54) is 46.3 Å². The third kappa shape index (κ3) is 20.2. The molecule has 0 saturated heterocycles. The lowest BCUT2D eigenvalue weighted by Gasteiger charge is -2.20. The van der Waals surface area contributed by atoms with Gasteiger partial charge in [0.05, 0.1) is 58.0 Å². The monoisotopic (exact) mass is 1320 g/mol. The predicted octanol–water partition coefficient (Wildman–Crippen LogP) is 10.5. The summed E-state index contributed by atoms with van der Waals surface area (Å²) in [5.41, 5.74) is 10.6. The summed E-state index contributed by atoms with van der Waals surface area (Å²) >= 11 is 12.0. The smallest absolute Gasteiger partial charge is 0.413 e. The number of amides is 3. The van der Waals surface area contributed by atoms with Crippen LogP contribution in [0.15, 0.2) is 83.1 Å². The molecule has 30 heteroatoms. The van der Waals surface area contributed by atoms with E-state index in [4.69, 9.17) is 50.1 Å². The SMILES string of the molecule is C.CS(=O)(=O)c1cc(Cn2cc(C(=O)O)c(C#N)n2)cc2cc(Cl)cnc12.Cc1cc(NC(=O)OC(C)(C)C)nc(C)c1CN.Cc1cc(NC(=O)OC(C)(C)C)nc(C)c1CNC(=O)c1cn(Cc2cc(S(C)(=O)=O)c3ncc(Cl)cc3c2)nc1C#N.[2H]CF. The molecule has 25 nitrogen and oxygen atoms in total. The fourth-order valence-electron chi connectivity index (χ4n) is 8.61. The number of carbonyl (C=O) groups is 4. The molecular weight excluding hydrogens is 1250 g/mol. The number of carboxylic acids is 1. The van der Waals surface area contributed by atoms with Crippen molar-refractivity contribution in [2.24, 2.45) is 5.73 Å². The van der Waals surface area contributed by atoms with Crippen molar-refractivity contribution in [3.63, 3.8) is 0 Å². The van der Waals surface area contributed by atoms with Crippen LogP contribution in [0.25, 0.3) is 21.8 Å². The molecule has 6 N–H and O–H groups in total. The number of sulfone groups is 2. The molecule has 8 aromatic rings. The Morgan fingerprint density at radius 1 is 0.689 bits per heavy atom. The number of alkyl halides is 1. The number of nitrogens with one attached hydrogen (secondary N) is 3. The van der Waals surface area contributed by atoms with Crippen LogP contribution in [0.3, 0.4) is 0 Å². The molecule has 6 aromatic heterocycles. The molecule has 0 radical (unpaired) electrons. The van der Waals surface area contributed by atoms with Gasteiger partial charge in [0, 0.05) is 72.5 Å². The van der Waals surface area contributed by atoms with E-state index >= 15 is 0 Å². The molecule has 478 valence electrons. The summed E-state index contributed by atoms with van der Waals surface area (Å²) in [6.45, 7) is 18.8. The average molecular weight is 1320 g/mol. The van der Waals surface area contributed by atoms with Crippen LogP contribution in [-0.4, -0.2) is 116 Å². The molecule has 90 heavy (non-hydrogen) atoms. The Bertz CT molecular complexity index is 4340. The van der Waals surface area contributed by atoms with Gasteiger partial charge < -0.3 is 25.6 Å². The van der Waals surface area contributed by atoms with Crippen molar-refractivity contribution in [3.8, 4) is 12.1 Å². The second kappa shape index (κ2) is 30.3. The molecule has 3 amide bonds. The quantitative estimate of drug-likeness (QED) is 0.0716. The molecule has 6 heterocycles. The van der Waals surface area contributed by atoms with E-state index in [9.17, 15) is 45.7 Å². The minimum atomic E-state index is -3.62. The molecule has 0 bridgehead atoms. The first-order valence-corrected chi connectivity index (χ1v) is 30.9. The highest BCUT2D eigenvalue weighted by Gasteiger charge is 2.23. The Kier molecular flexibility index (Phi) is 24.1. The van der Waals surface area contributed by atoms with Gasteiger partial charge in [-0.3, -0.25) is 39.2 Å². The van der Waals surface area contributed by atoms with Gasteiger partial charge in [-0.25, -0.2) is 41.2 Å². The van der Waals surface area contributed by atoms with Gasteiger partial charge in [-0.1, -0.05) is 30.6 Å². The molecule has 0 aliphatic heterocycles.